The van der Waals surface area contributed by atoms with Crippen molar-refractivity contribution < 1.29 is 0 Å². The van der Waals surface area contributed by atoms with Crippen molar-refractivity contribution in [1.82, 2.24) is 0 Å². The Morgan fingerprint density at radius 2 is 1.62 bits per heavy atom. The van der Waals surface area contributed by atoms with Crippen molar-refractivity contribution in [2.75, 3.05) is 0 Å². The Kier molecular flexibility index (Phi) is 8.54. The zero-order chi connectivity index (χ0) is 10.3. The van der Waals surface area contributed by atoms with Crippen LogP contribution in [0.25, 0.3) is 0 Å². The van der Waals surface area contributed by atoms with Gasteiger partial charge >= 0.3 is 6.00 Å². The maximum Gasteiger partial charge on any atom is 0.353 e. The van der Waals surface area contributed by atoms with E-state index < -0.39 is 6.00 Å². The largest absolute Gasteiger partial charge is 0.353 e. The van der Waals surface area contributed by atoms with Crippen LogP contribution in [0.3, 0.4) is 0 Å². The van der Waals surface area contributed by atoms with Crippen LogP contribution in [0.15, 0.2) is 0 Å². The van der Waals surface area contributed by atoms with E-state index in [4.69, 9.17) is 33.2 Å². The molecule has 0 radical (unpaired) electrons. The number of hydrogen-bond acceptors (Lipinski definition) is 1. The van der Waals surface area contributed by atoms with Gasteiger partial charge in [-0.2, -0.15) is 12.6 Å². The summed E-state index contributed by atoms with van der Waals surface area (Å²) in [4.78, 5) is -0.000809. The van der Waals surface area contributed by atoms with E-state index in [0.717, 1.165) is 12.8 Å². The summed E-state index contributed by atoms with van der Waals surface area (Å²) in [5.41, 5.74) is 0. The van der Waals surface area contributed by atoms with E-state index in [-0.39, 0.29) is 4.87 Å². The minimum atomic E-state index is -2.55. The van der Waals surface area contributed by atoms with Crippen LogP contribution in [0.2, 0.25) is 0 Å². The van der Waals surface area contributed by atoms with E-state index in [1.165, 1.54) is 25.7 Å². The zero-order valence-electron chi connectivity index (χ0n) is 7.90. The van der Waals surface area contributed by atoms with E-state index in [2.05, 4.69) is 19.6 Å². The lowest BCUT2D eigenvalue weighted by atomic mass is 10.1. The normalized spacial score (nSPS) is 14.5. The Hall–Kier alpha value is 1.44. The highest BCUT2D eigenvalue weighted by Gasteiger charge is 2.33. The van der Waals surface area contributed by atoms with Gasteiger partial charge in [-0.1, -0.05) is 39.0 Å². The third-order valence-corrected chi connectivity index (χ3v) is 8.16. The summed E-state index contributed by atoms with van der Waals surface area (Å²) >= 11 is 21.8. The monoisotopic (exact) mass is 278 g/mol. The summed E-state index contributed by atoms with van der Waals surface area (Å²) in [6.07, 6.45) is 7.18. The third kappa shape index (κ3) is 8.43. The molecule has 0 aliphatic rings. The zero-order valence-corrected chi connectivity index (χ0v) is 12.1. The van der Waals surface area contributed by atoms with Gasteiger partial charge in [0.25, 0.3) is 0 Å². The van der Waals surface area contributed by atoms with Gasteiger partial charge in [0, 0.05) is 4.87 Å². The number of rotatable bonds is 7. The molecule has 0 amide bonds. The molecule has 80 valence electrons. The van der Waals surface area contributed by atoms with Crippen molar-refractivity contribution in [2.24, 2.45) is 0 Å². The molecule has 0 aliphatic heterocycles. The topological polar surface area (TPSA) is 0 Å². The van der Waals surface area contributed by atoms with Gasteiger partial charge in [0.05, 0.1) is 0 Å². The maximum atomic E-state index is 5.82. The van der Waals surface area contributed by atoms with Crippen molar-refractivity contribution in [2.45, 2.75) is 50.3 Å². The van der Waals surface area contributed by atoms with Gasteiger partial charge in [-0.25, -0.2) is 0 Å². The number of hydrogen-bond donors (Lipinski definition) is 1. The lowest BCUT2D eigenvalue weighted by Gasteiger charge is -2.15. The maximum absolute atomic E-state index is 5.82. The van der Waals surface area contributed by atoms with Crippen molar-refractivity contribution in [3.05, 3.63) is 0 Å². The first-order valence-corrected chi connectivity index (χ1v) is 10.4. The van der Waals surface area contributed by atoms with E-state index in [0.29, 0.717) is 0 Å². The molecule has 0 spiro atoms. The minimum Gasteiger partial charge on any atom is -0.175 e. The minimum absolute atomic E-state index is 0.000809. The molecule has 0 saturated heterocycles. The van der Waals surface area contributed by atoms with Gasteiger partial charge < -0.3 is 0 Å². The van der Waals surface area contributed by atoms with E-state index in [1.54, 1.807) is 0 Å². The van der Waals surface area contributed by atoms with Crippen molar-refractivity contribution in [3.8, 4) is 0 Å². The van der Waals surface area contributed by atoms with Gasteiger partial charge in [0.15, 0.2) is 0 Å². The smallest absolute Gasteiger partial charge is 0.175 e. The molecule has 0 fully saturated rings. The highest BCUT2D eigenvalue weighted by Crippen LogP contribution is 2.31. The van der Waals surface area contributed by atoms with Crippen LogP contribution < -0.4 is 0 Å². The van der Waals surface area contributed by atoms with Crippen LogP contribution in [-0.4, -0.2) is 10.9 Å². The predicted molar refractivity (Wildman–Crippen MR) is 69.5 cm³/mol. The third-order valence-electron chi connectivity index (χ3n) is 1.96. The van der Waals surface area contributed by atoms with Gasteiger partial charge in [-0.15, -0.1) is 33.2 Å². The van der Waals surface area contributed by atoms with Crippen LogP contribution in [0.5, 0.6) is 0 Å². The Morgan fingerprint density at radius 1 is 1.08 bits per heavy atom. The summed E-state index contributed by atoms with van der Waals surface area (Å²) in [5.74, 6) is 0. The molecule has 0 bridgehead atoms. The fraction of sp³-hybridized carbons (Fsp3) is 1.00. The molecule has 13 heavy (non-hydrogen) atoms. The van der Waals surface area contributed by atoms with Crippen LogP contribution in [0.4, 0.5) is 0 Å². The van der Waals surface area contributed by atoms with Gasteiger partial charge in [0.1, 0.15) is 0 Å². The Balaban J connectivity index is 3.32. The number of halogens is 3. The summed E-state index contributed by atoms with van der Waals surface area (Å²) in [5, 5.41) is 0. The molecule has 5 heteroatoms. The highest BCUT2D eigenvalue weighted by atomic mass is 35.8. The molecule has 0 aliphatic carbocycles. The SMILES string of the molecule is CCCCCCCC(S)[Si](Cl)(Cl)Cl. The lowest BCUT2D eigenvalue weighted by molar-refractivity contribution is 0.621. The van der Waals surface area contributed by atoms with Gasteiger partial charge in [-0.05, 0) is 6.42 Å². The molecule has 0 heterocycles. The van der Waals surface area contributed by atoms with Gasteiger partial charge in [0.2, 0.25) is 0 Å². The lowest BCUT2D eigenvalue weighted by Crippen LogP contribution is -2.25. The molecular formula is C8H17Cl3SSi. The van der Waals surface area contributed by atoms with Crippen molar-refractivity contribution in [3.63, 3.8) is 0 Å². The number of unbranched alkanes of at least 4 members (excludes halogenated alkanes) is 4. The highest BCUT2D eigenvalue weighted by molar-refractivity contribution is 7.89. The van der Waals surface area contributed by atoms with Crippen molar-refractivity contribution >= 4 is 51.9 Å². The molecule has 0 aromatic carbocycles. The molecule has 0 rings (SSSR count). The molecule has 1 unspecified atom stereocenters. The average molecular weight is 280 g/mol. The summed E-state index contributed by atoms with van der Waals surface area (Å²) < 4.78 is 0. The fourth-order valence-corrected chi connectivity index (χ4v) is 2.80. The van der Waals surface area contributed by atoms with Crippen LogP contribution in [-0.2, 0) is 0 Å². The summed E-state index contributed by atoms with van der Waals surface area (Å²) in [7, 11) is 0. The molecule has 0 nitrogen and oxygen atoms in total. The summed E-state index contributed by atoms with van der Waals surface area (Å²) in [6, 6.07) is -2.55. The number of thiol groups is 1. The van der Waals surface area contributed by atoms with E-state index in [1.807, 2.05) is 0 Å². The molecular weight excluding hydrogens is 263 g/mol. The standard InChI is InChI=1S/C8H17Cl3SSi/c1-2-3-4-5-6-7-8(12)13(9,10)11/h8,12H,2-7H2,1H3. The first-order valence-electron chi connectivity index (χ1n) is 4.73. The van der Waals surface area contributed by atoms with Gasteiger partial charge in [-0.3, -0.25) is 0 Å². The average Bonchev–Trinajstić information content (AvgIpc) is 2.02. The molecule has 0 aromatic rings. The second-order valence-corrected chi connectivity index (χ2v) is 13.3. The molecule has 1 atom stereocenters. The van der Waals surface area contributed by atoms with E-state index >= 15 is 0 Å². The first kappa shape index (κ1) is 14.4. The second-order valence-electron chi connectivity index (χ2n) is 3.26. The van der Waals surface area contributed by atoms with Crippen LogP contribution in [0.1, 0.15) is 45.4 Å². The fourth-order valence-electron chi connectivity index (χ4n) is 1.10. The summed E-state index contributed by atoms with van der Waals surface area (Å²) in [6.45, 7) is 2.20. The van der Waals surface area contributed by atoms with Crippen LogP contribution in [0, 0.1) is 0 Å². The molecule has 0 N–H and O–H groups in total. The molecule has 0 aromatic heterocycles. The first-order chi connectivity index (χ1) is 5.98. The molecule has 0 saturated carbocycles. The Bertz CT molecular complexity index is 127. The Labute approximate surface area is 102 Å². The Morgan fingerprint density at radius 3 is 2.08 bits per heavy atom. The van der Waals surface area contributed by atoms with E-state index in [9.17, 15) is 0 Å². The quantitative estimate of drug-likeness (QED) is 0.293. The predicted octanol–water partition coefficient (Wildman–Crippen LogP) is 4.84. The second kappa shape index (κ2) is 7.69. The van der Waals surface area contributed by atoms with Crippen molar-refractivity contribution in [1.29, 1.82) is 0 Å². The van der Waals surface area contributed by atoms with Crippen LogP contribution >= 0.6 is 45.9 Å².